The minimum Gasteiger partial charge on any atom is -0.548 e. The van der Waals surface area contributed by atoms with Crippen molar-refractivity contribution in [2.75, 3.05) is 19.7 Å². The van der Waals surface area contributed by atoms with Crippen molar-refractivity contribution in [3.63, 3.8) is 0 Å². The van der Waals surface area contributed by atoms with Crippen LogP contribution in [0.15, 0.2) is 22.8 Å². The number of carboxylic acids is 1. The van der Waals surface area contributed by atoms with Gasteiger partial charge < -0.3 is 24.0 Å². The molecule has 0 N–H and O–H groups in total. The molecule has 1 saturated carbocycles. The third-order valence-electron chi connectivity index (χ3n) is 5.79. The molecule has 4 rings (SSSR count). The number of hydrogen-bond acceptors (Lipinski definition) is 6. The molecule has 8 heteroatoms. The van der Waals surface area contributed by atoms with Crippen LogP contribution in [-0.4, -0.2) is 59.0 Å². The largest absolute Gasteiger partial charge is 0.548 e. The van der Waals surface area contributed by atoms with Crippen LogP contribution in [0.4, 0.5) is 0 Å². The van der Waals surface area contributed by atoms with E-state index in [4.69, 9.17) is 9.15 Å². The maximum absolute atomic E-state index is 12.9. The second-order valence-corrected chi connectivity index (χ2v) is 7.20. The standard InChI is InChI=1S/C18H22N2O6/c21-15(12-3-1-4-12)19-8-6-18(7-9-19)20(13(11-26-18)17(23)24)16(22)14-5-2-10-25-14/h2,5,10,12-13H,1,3-4,6-9,11H2,(H,23,24)/p-1/t13-/m0/s1. The second-order valence-electron chi connectivity index (χ2n) is 7.20. The van der Waals surface area contributed by atoms with E-state index < -0.39 is 23.6 Å². The molecule has 1 spiro atoms. The summed E-state index contributed by atoms with van der Waals surface area (Å²) >= 11 is 0. The maximum atomic E-state index is 12.9. The molecule has 1 aromatic rings. The Labute approximate surface area is 150 Å². The third-order valence-corrected chi connectivity index (χ3v) is 5.79. The van der Waals surface area contributed by atoms with Crippen LogP contribution in [0.3, 0.4) is 0 Å². The summed E-state index contributed by atoms with van der Waals surface area (Å²) in [4.78, 5) is 39.9. The van der Waals surface area contributed by atoms with Gasteiger partial charge in [-0.15, -0.1) is 0 Å². The van der Waals surface area contributed by atoms with Crippen molar-refractivity contribution < 1.29 is 28.6 Å². The molecule has 0 unspecified atom stereocenters. The smallest absolute Gasteiger partial charge is 0.292 e. The molecule has 26 heavy (non-hydrogen) atoms. The lowest BCUT2D eigenvalue weighted by Crippen LogP contribution is -2.60. The van der Waals surface area contributed by atoms with E-state index in [2.05, 4.69) is 0 Å². The monoisotopic (exact) mass is 361 g/mol. The van der Waals surface area contributed by atoms with Crippen LogP contribution in [0.1, 0.15) is 42.7 Å². The van der Waals surface area contributed by atoms with Crippen LogP contribution in [0.5, 0.6) is 0 Å². The van der Waals surface area contributed by atoms with E-state index in [9.17, 15) is 19.5 Å². The molecule has 3 fully saturated rings. The Kier molecular flexibility index (Phi) is 4.22. The quantitative estimate of drug-likeness (QED) is 0.750. The highest BCUT2D eigenvalue weighted by atomic mass is 16.5. The van der Waals surface area contributed by atoms with Gasteiger partial charge in [-0.25, -0.2) is 0 Å². The van der Waals surface area contributed by atoms with Crippen molar-refractivity contribution in [3.05, 3.63) is 24.2 Å². The minimum atomic E-state index is -1.35. The SMILES string of the molecule is O=C([O-])[C@@H]1COC2(CCN(C(=O)C3CCC3)CC2)N1C(=O)c1ccco1. The summed E-state index contributed by atoms with van der Waals surface area (Å²) in [7, 11) is 0. The van der Waals surface area contributed by atoms with Crippen LogP contribution in [-0.2, 0) is 14.3 Å². The van der Waals surface area contributed by atoms with Crippen LogP contribution in [0, 0.1) is 5.92 Å². The van der Waals surface area contributed by atoms with E-state index in [1.54, 1.807) is 11.0 Å². The molecule has 0 bridgehead atoms. The number of aliphatic carboxylic acids is 1. The number of carbonyl (C=O) groups is 3. The van der Waals surface area contributed by atoms with Gasteiger partial charge in [0.05, 0.1) is 24.9 Å². The number of hydrogen-bond donors (Lipinski definition) is 0. The van der Waals surface area contributed by atoms with Crippen molar-refractivity contribution in [2.24, 2.45) is 5.92 Å². The molecule has 0 radical (unpaired) electrons. The number of amides is 2. The molecular formula is C18H21N2O6-. The summed E-state index contributed by atoms with van der Waals surface area (Å²) in [5.74, 6) is -1.54. The first-order chi connectivity index (χ1) is 12.5. The fourth-order valence-corrected chi connectivity index (χ4v) is 4.06. The summed E-state index contributed by atoms with van der Waals surface area (Å²) in [6, 6.07) is 1.90. The van der Waals surface area contributed by atoms with Crippen LogP contribution >= 0.6 is 0 Å². The molecule has 140 valence electrons. The van der Waals surface area contributed by atoms with Gasteiger partial charge in [0.25, 0.3) is 5.91 Å². The predicted molar refractivity (Wildman–Crippen MR) is 85.5 cm³/mol. The number of carbonyl (C=O) groups excluding carboxylic acids is 3. The van der Waals surface area contributed by atoms with Gasteiger partial charge in [0, 0.05) is 31.8 Å². The van der Waals surface area contributed by atoms with Crippen molar-refractivity contribution in [2.45, 2.75) is 43.9 Å². The number of nitrogens with zero attached hydrogens (tertiary/aromatic N) is 2. The highest BCUT2D eigenvalue weighted by Gasteiger charge is 2.53. The first kappa shape index (κ1) is 17.1. The Bertz CT molecular complexity index is 703. The van der Waals surface area contributed by atoms with Crippen LogP contribution in [0.2, 0.25) is 0 Å². The number of likely N-dealkylation sites (tertiary alicyclic amines) is 1. The van der Waals surface area contributed by atoms with Crippen molar-refractivity contribution >= 4 is 17.8 Å². The summed E-state index contributed by atoms with van der Waals surface area (Å²) in [5.41, 5.74) is -1.04. The fourth-order valence-electron chi connectivity index (χ4n) is 4.06. The highest BCUT2D eigenvalue weighted by Crippen LogP contribution is 2.39. The molecule has 3 aliphatic rings. The third kappa shape index (κ3) is 2.68. The van der Waals surface area contributed by atoms with Crippen molar-refractivity contribution in [1.29, 1.82) is 0 Å². The fraction of sp³-hybridized carbons (Fsp3) is 0.611. The summed E-state index contributed by atoms with van der Waals surface area (Å²) in [6.07, 6.45) is 5.09. The van der Waals surface area contributed by atoms with E-state index in [0.29, 0.717) is 25.9 Å². The van der Waals surface area contributed by atoms with Crippen molar-refractivity contribution in [3.8, 4) is 0 Å². The van der Waals surface area contributed by atoms with Gasteiger partial charge in [-0.1, -0.05) is 6.42 Å². The Balaban J connectivity index is 1.53. The van der Waals surface area contributed by atoms with Gasteiger partial charge in [0.15, 0.2) is 5.76 Å². The maximum Gasteiger partial charge on any atom is 0.292 e. The van der Waals surface area contributed by atoms with Gasteiger partial charge >= 0.3 is 0 Å². The average Bonchev–Trinajstić information content (AvgIpc) is 3.22. The lowest BCUT2D eigenvalue weighted by Gasteiger charge is -2.45. The summed E-state index contributed by atoms with van der Waals surface area (Å²) < 4.78 is 11.0. The zero-order valence-corrected chi connectivity index (χ0v) is 14.4. The molecule has 2 aliphatic heterocycles. The van der Waals surface area contributed by atoms with Gasteiger partial charge in [0.2, 0.25) is 5.91 Å². The Morgan fingerprint density at radius 1 is 1.19 bits per heavy atom. The van der Waals surface area contributed by atoms with Gasteiger partial charge in [-0.3, -0.25) is 14.5 Å². The van der Waals surface area contributed by atoms with Gasteiger partial charge in [-0.05, 0) is 25.0 Å². The molecule has 1 atom stereocenters. The lowest BCUT2D eigenvalue weighted by molar-refractivity contribution is -0.310. The number of ether oxygens (including phenoxy) is 1. The normalized spacial score (nSPS) is 25.3. The number of furan rings is 1. The molecule has 1 aromatic heterocycles. The van der Waals surface area contributed by atoms with E-state index in [-0.39, 0.29) is 24.2 Å². The summed E-state index contributed by atoms with van der Waals surface area (Å²) in [6.45, 7) is 0.763. The Hall–Kier alpha value is -2.35. The first-order valence-electron chi connectivity index (χ1n) is 9.03. The molecule has 3 heterocycles. The zero-order chi connectivity index (χ0) is 18.3. The number of piperidine rings is 1. The molecule has 2 saturated heterocycles. The predicted octanol–water partition coefficient (Wildman–Crippen LogP) is -0.0107. The molecule has 1 aliphatic carbocycles. The van der Waals surface area contributed by atoms with Crippen molar-refractivity contribution in [1.82, 2.24) is 9.80 Å². The topological polar surface area (TPSA) is 103 Å². The second kappa shape index (κ2) is 6.42. The Morgan fingerprint density at radius 2 is 1.92 bits per heavy atom. The van der Waals surface area contributed by atoms with E-state index in [1.165, 1.54) is 17.2 Å². The zero-order valence-electron chi connectivity index (χ0n) is 14.4. The lowest BCUT2D eigenvalue weighted by atomic mass is 9.83. The molecule has 0 aromatic carbocycles. The van der Waals surface area contributed by atoms with Crippen LogP contribution in [0.25, 0.3) is 0 Å². The Morgan fingerprint density at radius 3 is 2.46 bits per heavy atom. The minimum absolute atomic E-state index is 0.0640. The number of carboxylic acid groups (broad SMARTS) is 1. The van der Waals surface area contributed by atoms with Gasteiger partial charge in [0.1, 0.15) is 5.72 Å². The molecule has 2 amide bonds. The molecule has 8 nitrogen and oxygen atoms in total. The average molecular weight is 361 g/mol. The van der Waals surface area contributed by atoms with Crippen LogP contribution < -0.4 is 5.11 Å². The molecular weight excluding hydrogens is 340 g/mol. The van der Waals surface area contributed by atoms with E-state index in [0.717, 1.165) is 19.3 Å². The van der Waals surface area contributed by atoms with E-state index in [1.807, 2.05) is 0 Å². The van der Waals surface area contributed by atoms with Gasteiger partial charge in [-0.2, -0.15) is 0 Å². The highest BCUT2D eigenvalue weighted by molar-refractivity contribution is 5.95. The number of rotatable bonds is 3. The first-order valence-corrected chi connectivity index (χ1v) is 9.03. The van der Waals surface area contributed by atoms with E-state index >= 15 is 0 Å². The summed E-state index contributed by atoms with van der Waals surface area (Å²) in [5, 5.41) is 11.5.